The van der Waals surface area contributed by atoms with Gasteiger partial charge in [-0.15, -0.1) is 0 Å². The van der Waals surface area contributed by atoms with Crippen LogP contribution in [0.4, 0.5) is 4.79 Å². The van der Waals surface area contributed by atoms with Gasteiger partial charge in [0, 0.05) is 6.54 Å². The number of halogens is 3. The minimum Gasteiger partial charge on any atom is -0.497 e. The van der Waals surface area contributed by atoms with Crippen LogP contribution in [0.2, 0.25) is 0 Å². The number of carbonyl (C=O) groups is 1. The third-order valence-electron chi connectivity index (χ3n) is 1.96. The summed E-state index contributed by atoms with van der Waals surface area (Å²) in [5.74, 6) is 0.748. The average Bonchev–Trinajstić information content (AvgIpc) is 2.33. The van der Waals surface area contributed by atoms with Crippen LogP contribution >= 0.6 is 34.8 Å². The Morgan fingerprint density at radius 1 is 1.28 bits per heavy atom. The summed E-state index contributed by atoms with van der Waals surface area (Å²) < 4.78 is 8.12. The van der Waals surface area contributed by atoms with Gasteiger partial charge in [-0.3, -0.25) is 0 Å². The third-order valence-corrected chi connectivity index (χ3v) is 2.29. The molecule has 0 bridgehead atoms. The van der Waals surface area contributed by atoms with Crippen molar-refractivity contribution in [3.8, 4) is 5.75 Å². The Morgan fingerprint density at radius 3 is 2.39 bits per heavy atom. The predicted molar refractivity (Wildman–Crippen MR) is 71.5 cm³/mol. The molecule has 1 N–H and O–H groups in total. The van der Waals surface area contributed by atoms with E-state index in [1.165, 1.54) is 0 Å². The van der Waals surface area contributed by atoms with Gasteiger partial charge in [0.05, 0.1) is 7.11 Å². The molecule has 100 valence electrons. The van der Waals surface area contributed by atoms with Gasteiger partial charge < -0.3 is 14.8 Å². The first-order chi connectivity index (χ1) is 8.40. The van der Waals surface area contributed by atoms with Crippen molar-refractivity contribution in [3.05, 3.63) is 29.8 Å². The van der Waals surface area contributed by atoms with Gasteiger partial charge in [0.15, 0.2) is 0 Å². The van der Waals surface area contributed by atoms with Crippen molar-refractivity contribution in [2.75, 3.05) is 13.7 Å². The highest BCUT2D eigenvalue weighted by Crippen LogP contribution is 2.25. The molecule has 0 aliphatic carbocycles. The van der Waals surface area contributed by atoms with Crippen molar-refractivity contribution in [2.45, 2.75) is 10.3 Å². The van der Waals surface area contributed by atoms with Gasteiger partial charge in [-0.25, -0.2) is 4.79 Å². The summed E-state index contributed by atoms with van der Waals surface area (Å²) in [7, 11) is 1.58. The van der Waals surface area contributed by atoms with E-state index in [1.807, 2.05) is 12.1 Å². The zero-order valence-electron chi connectivity index (χ0n) is 9.58. The fourth-order valence-electron chi connectivity index (χ4n) is 1.12. The summed E-state index contributed by atoms with van der Waals surface area (Å²) in [4.78, 5) is 11.3. The molecular weight excluding hydrogens is 300 g/mol. The minimum atomic E-state index is -1.60. The lowest BCUT2D eigenvalue weighted by molar-refractivity contribution is 0.148. The first-order valence-electron chi connectivity index (χ1n) is 5.01. The number of hydrogen-bond donors (Lipinski definition) is 1. The normalized spacial score (nSPS) is 10.9. The van der Waals surface area contributed by atoms with Crippen LogP contribution < -0.4 is 10.1 Å². The molecule has 1 rings (SSSR count). The van der Waals surface area contributed by atoms with Crippen molar-refractivity contribution in [3.63, 3.8) is 0 Å². The molecule has 0 saturated carbocycles. The van der Waals surface area contributed by atoms with Crippen molar-refractivity contribution >= 4 is 40.9 Å². The monoisotopic (exact) mass is 311 g/mol. The second-order valence-corrected chi connectivity index (χ2v) is 5.91. The third kappa shape index (κ3) is 6.19. The van der Waals surface area contributed by atoms with Crippen LogP contribution in [-0.2, 0) is 11.3 Å². The number of carbonyl (C=O) groups excluding carboxylic acids is 1. The summed E-state index contributed by atoms with van der Waals surface area (Å²) in [6, 6.07) is 7.25. The molecule has 0 radical (unpaired) electrons. The lowest BCUT2D eigenvalue weighted by Gasteiger charge is -2.12. The number of rotatable bonds is 4. The van der Waals surface area contributed by atoms with E-state index in [2.05, 4.69) is 5.32 Å². The molecule has 0 saturated heterocycles. The maximum Gasteiger partial charge on any atom is 0.407 e. The fraction of sp³-hybridized carbons (Fsp3) is 0.364. The van der Waals surface area contributed by atoms with Gasteiger partial charge >= 0.3 is 6.09 Å². The average molecular weight is 313 g/mol. The summed E-state index contributed by atoms with van der Waals surface area (Å²) in [6.45, 7) is 0.0226. The Bertz CT molecular complexity index is 390. The first-order valence-corrected chi connectivity index (χ1v) is 6.14. The molecular formula is C11H12Cl3NO3. The van der Waals surface area contributed by atoms with Gasteiger partial charge in [-0.05, 0) is 17.7 Å². The summed E-state index contributed by atoms with van der Waals surface area (Å²) in [5.41, 5.74) is 0.904. The molecule has 1 aromatic carbocycles. The maximum absolute atomic E-state index is 11.3. The van der Waals surface area contributed by atoms with Crippen LogP contribution in [0, 0.1) is 0 Å². The van der Waals surface area contributed by atoms with E-state index in [1.54, 1.807) is 19.2 Å². The lowest BCUT2D eigenvalue weighted by Crippen LogP contribution is -2.27. The number of hydrogen-bond acceptors (Lipinski definition) is 3. The minimum absolute atomic E-state index is 0.299. The van der Waals surface area contributed by atoms with Gasteiger partial charge in [0.2, 0.25) is 3.79 Å². The molecule has 0 aromatic heterocycles. The molecule has 7 heteroatoms. The molecule has 0 fully saturated rings. The molecule has 0 atom stereocenters. The number of ether oxygens (including phenoxy) is 2. The summed E-state index contributed by atoms with van der Waals surface area (Å²) >= 11 is 16.3. The molecule has 0 aliphatic heterocycles. The number of benzene rings is 1. The molecule has 1 amide bonds. The molecule has 0 spiro atoms. The van der Waals surface area contributed by atoms with Gasteiger partial charge in [0.25, 0.3) is 0 Å². The van der Waals surface area contributed by atoms with Crippen molar-refractivity contribution in [1.29, 1.82) is 0 Å². The second-order valence-electron chi connectivity index (χ2n) is 3.39. The van der Waals surface area contributed by atoms with Crippen LogP contribution in [0.15, 0.2) is 24.3 Å². The van der Waals surface area contributed by atoms with Crippen LogP contribution in [0.3, 0.4) is 0 Å². The molecule has 18 heavy (non-hydrogen) atoms. The highest BCUT2D eigenvalue weighted by molar-refractivity contribution is 6.67. The quantitative estimate of drug-likeness (QED) is 0.868. The first kappa shape index (κ1) is 15.2. The van der Waals surface area contributed by atoms with Gasteiger partial charge in [0.1, 0.15) is 12.4 Å². The largest absolute Gasteiger partial charge is 0.497 e. The van der Waals surface area contributed by atoms with E-state index in [0.717, 1.165) is 11.3 Å². The highest BCUT2D eigenvalue weighted by atomic mass is 35.6. The summed E-state index contributed by atoms with van der Waals surface area (Å²) in [6.07, 6.45) is -0.642. The Kier molecular flexibility index (Phi) is 5.85. The Labute approximate surface area is 120 Å². The Hall–Kier alpha value is -0.840. The predicted octanol–water partition coefficient (Wildman–Crippen LogP) is 3.29. The van der Waals surface area contributed by atoms with Crippen LogP contribution in [0.1, 0.15) is 5.56 Å². The van der Waals surface area contributed by atoms with Gasteiger partial charge in [-0.2, -0.15) is 0 Å². The lowest BCUT2D eigenvalue weighted by atomic mass is 10.2. The van der Waals surface area contributed by atoms with Crippen molar-refractivity contribution < 1.29 is 14.3 Å². The van der Waals surface area contributed by atoms with E-state index >= 15 is 0 Å². The fourth-order valence-corrected chi connectivity index (χ4v) is 1.28. The van der Waals surface area contributed by atoms with E-state index < -0.39 is 9.89 Å². The van der Waals surface area contributed by atoms with E-state index in [4.69, 9.17) is 44.3 Å². The van der Waals surface area contributed by atoms with Crippen LogP contribution in [0.25, 0.3) is 0 Å². The smallest absolute Gasteiger partial charge is 0.407 e. The van der Waals surface area contributed by atoms with E-state index in [-0.39, 0.29) is 6.61 Å². The zero-order valence-corrected chi connectivity index (χ0v) is 11.9. The molecule has 0 aliphatic rings. The topological polar surface area (TPSA) is 47.6 Å². The Morgan fingerprint density at radius 2 is 1.89 bits per heavy atom. The molecule has 0 unspecified atom stereocenters. The van der Waals surface area contributed by atoms with Crippen molar-refractivity contribution in [2.24, 2.45) is 0 Å². The number of methoxy groups -OCH3 is 1. The second kappa shape index (κ2) is 6.92. The van der Waals surface area contributed by atoms with E-state index in [0.29, 0.717) is 6.54 Å². The van der Waals surface area contributed by atoms with Crippen molar-refractivity contribution in [1.82, 2.24) is 5.32 Å². The van der Waals surface area contributed by atoms with Gasteiger partial charge in [-0.1, -0.05) is 46.9 Å². The molecule has 1 aromatic rings. The summed E-state index contributed by atoms with van der Waals surface area (Å²) in [5, 5.41) is 2.53. The number of alkyl carbamates (subject to hydrolysis) is 1. The SMILES string of the molecule is COc1ccc(CNC(=O)OCC(Cl)(Cl)Cl)cc1. The number of alkyl halides is 3. The number of nitrogens with one attached hydrogen (secondary N) is 1. The standard InChI is InChI=1S/C11H12Cl3NO3/c1-17-9-4-2-8(3-5-9)6-15-10(16)18-7-11(12,13)14/h2-5H,6-7H2,1H3,(H,15,16). The van der Waals surface area contributed by atoms with Crippen LogP contribution in [-0.4, -0.2) is 23.6 Å². The Balaban J connectivity index is 2.33. The maximum atomic E-state index is 11.3. The zero-order chi connectivity index (χ0) is 13.6. The van der Waals surface area contributed by atoms with Crippen LogP contribution in [0.5, 0.6) is 5.75 Å². The highest BCUT2D eigenvalue weighted by Gasteiger charge is 2.21. The van der Waals surface area contributed by atoms with E-state index in [9.17, 15) is 4.79 Å². The molecule has 0 heterocycles. The molecule has 4 nitrogen and oxygen atoms in total. The number of amides is 1.